The second-order valence-electron chi connectivity index (χ2n) is 6.28. The number of carbonyl (C=O) groups excluding carboxylic acids is 1. The van der Waals surface area contributed by atoms with E-state index in [1.165, 1.54) is 11.3 Å². The molecule has 0 N–H and O–H groups in total. The molecular formula is C20H24ClN3O3S. The van der Waals surface area contributed by atoms with Crippen molar-refractivity contribution in [3.8, 4) is 11.5 Å². The predicted octanol–water partition coefficient (Wildman–Crippen LogP) is 3.70. The number of anilines is 1. The summed E-state index contributed by atoms with van der Waals surface area (Å²) in [6.45, 7) is 1.23. The number of para-hydroxylation sites is 1. The monoisotopic (exact) mass is 421 g/mol. The molecule has 0 bridgehead atoms. The number of thiazole rings is 1. The van der Waals surface area contributed by atoms with E-state index in [0.717, 1.165) is 16.8 Å². The molecule has 0 aliphatic carbocycles. The van der Waals surface area contributed by atoms with E-state index in [1.54, 1.807) is 24.1 Å². The fraction of sp³-hybridized carbons (Fsp3) is 0.300. The predicted molar refractivity (Wildman–Crippen MR) is 116 cm³/mol. The summed E-state index contributed by atoms with van der Waals surface area (Å²) < 4.78 is 11.9. The fourth-order valence-electron chi connectivity index (χ4n) is 2.52. The number of benzene rings is 2. The molecule has 1 amide bonds. The second kappa shape index (κ2) is 10.3. The molecule has 3 rings (SSSR count). The lowest BCUT2D eigenvalue weighted by Crippen LogP contribution is -2.39. The lowest BCUT2D eigenvalue weighted by atomic mass is 10.3. The van der Waals surface area contributed by atoms with Crippen molar-refractivity contribution in [1.82, 2.24) is 9.88 Å². The van der Waals surface area contributed by atoms with Crippen molar-refractivity contribution in [3.63, 3.8) is 0 Å². The molecule has 0 saturated heterocycles. The van der Waals surface area contributed by atoms with E-state index < -0.39 is 0 Å². The van der Waals surface area contributed by atoms with Crippen LogP contribution < -0.4 is 14.4 Å². The molecule has 1 aromatic heterocycles. The quantitative estimate of drug-likeness (QED) is 0.555. The van der Waals surface area contributed by atoms with Gasteiger partial charge in [-0.05, 0) is 38.4 Å². The molecular weight excluding hydrogens is 398 g/mol. The molecule has 0 fully saturated rings. The molecule has 0 atom stereocenters. The summed E-state index contributed by atoms with van der Waals surface area (Å²) in [6.07, 6.45) is 0. The highest BCUT2D eigenvalue weighted by Crippen LogP contribution is 2.28. The molecule has 6 nitrogen and oxygen atoms in total. The first-order valence-electron chi connectivity index (χ1n) is 8.64. The maximum Gasteiger partial charge on any atom is 0.266 e. The van der Waals surface area contributed by atoms with Crippen LogP contribution in [0.2, 0.25) is 0 Å². The van der Waals surface area contributed by atoms with Gasteiger partial charge in [-0.2, -0.15) is 0 Å². The zero-order chi connectivity index (χ0) is 19.2. The number of ether oxygens (including phenoxy) is 2. The minimum Gasteiger partial charge on any atom is -0.497 e. The van der Waals surface area contributed by atoms with Crippen LogP contribution in [0, 0.1) is 0 Å². The molecule has 8 heteroatoms. The number of fused-ring (bicyclic) bond motifs is 1. The second-order valence-corrected chi connectivity index (χ2v) is 7.29. The first-order chi connectivity index (χ1) is 13.1. The Labute approximate surface area is 175 Å². The van der Waals surface area contributed by atoms with Gasteiger partial charge in [0, 0.05) is 19.2 Å². The highest BCUT2D eigenvalue weighted by molar-refractivity contribution is 7.22. The average Bonchev–Trinajstić information content (AvgIpc) is 3.10. The van der Waals surface area contributed by atoms with Gasteiger partial charge in [0.05, 0.1) is 17.3 Å². The molecule has 0 saturated carbocycles. The third-order valence-electron chi connectivity index (χ3n) is 3.99. The highest BCUT2D eigenvalue weighted by atomic mass is 35.5. The number of methoxy groups -OCH3 is 1. The van der Waals surface area contributed by atoms with Crippen LogP contribution in [0.5, 0.6) is 11.5 Å². The van der Waals surface area contributed by atoms with Crippen molar-refractivity contribution < 1.29 is 14.3 Å². The Kier molecular flexibility index (Phi) is 8.04. The van der Waals surface area contributed by atoms with E-state index in [9.17, 15) is 4.79 Å². The zero-order valence-electron chi connectivity index (χ0n) is 16.1. The van der Waals surface area contributed by atoms with E-state index in [4.69, 9.17) is 9.47 Å². The lowest BCUT2D eigenvalue weighted by molar-refractivity contribution is -0.120. The van der Waals surface area contributed by atoms with Crippen molar-refractivity contribution in [2.45, 2.75) is 0 Å². The number of hydrogen-bond acceptors (Lipinski definition) is 6. The molecule has 2 aromatic carbocycles. The normalized spacial score (nSPS) is 10.6. The maximum atomic E-state index is 12.9. The Morgan fingerprint density at radius 3 is 2.54 bits per heavy atom. The molecule has 0 spiro atoms. The van der Waals surface area contributed by atoms with Gasteiger partial charge in [-0.25, -0.2) is 4.98 Å². The van der Waals surface area contributed by atoms with Crippen molar-refractivity contribution in [3.05, 3.63) is 48.5 Å². The van der Waals surface area contributed by atoms with Gasteiger partial charge in [-0.3, -0.25) is 9.69 Å². The molecule has 3 aromatic rings. The van der Waals surface area contributed by atoms with Crippen molar-refractivity contribution in [2.24, 2.45) is 0 Å². The largest absolute Gasteiger partial charge is 0.497 e. The van der Waals surface area contributed by atoms with Crippen molar-refractivity contribution >= 4 is 45.0 Å². The first-order valence-corrected chi connectivity index (χ1v) is 9.46. The van der Waals surface area contributed by atoms with Crippen LogP contribution in [-0.4, -0.2) is 56.7 Å². The zero-order valence-corrected chi connectivity index (χ0v) is 17.8. The van der Waals surface area contributed by atoms with Crippen LogP contribution >= 0.6 is 23.7 Å². The number of amides is 1. The summed E-state index contributed by atoms with van der Waals surface area (Å²) >= 11 is 1.51. The Bertz CT molecular complexity index is 883. The number of carbonyl (C=O) groups is 1. The lowest BCUT2D eigenvalue weighted by Gasteiger charge is -2.22. The van der Waals surface area contributed by atoms with Gasteiger partial charge in [-0.15, -0.1) is 12.4 Å². The third kappa shape index (κ3) is 5.58. The summed E-state index contributed by atoms with van der Waals surface area (Å²) in [7, 11) is 5.56. The molecule has 28 heavy (non-hydrogen) atoms. The Morgan fingerprint density at radius 2 is 1.82 bits per heavy atom. The van der Waals surface area contributed by atoms with Gasteiger partial charge in [0.1, 0.15) is 11.5 Å². The van der Waals surface area contributed by atoms with Crippen LogP contribution in [0.3, 0.4) is 0 Å². The van der Waals surface area contributed by atoms with Crippen LogP contribution in [0.25, 0.3) is 10.2 Å². The number of aromatic nitrogens is 1. The maximum absolute atomic E-state index is 12.9. The Balaban J connectivity index is 0.00000280. The van der Waals surface area contributed by atoms with E-state index >= 15 is 0 Å². The summed E-state index contributed by atoms with van der Waals surface area (Å²) in [5.74, 6) is 1.16. The van der Waals surface area contributed by atoms with Gasteiger partial charge in [-0.1, -0.05) is 29.5 Å². The molecule has 150 valence electrons. The highest BCUT2D eigenvalue weighted by Gasteiger charge is 2.20. The number of hydrogen-bond donors (Lipinski definition) is 0. The van der Waals surface area contributed by atoms with Gasteiger partial charge < -0.3 is 14.4 Å². The topological polar surface area (TPSA) is 54.9 Å². The number of halogens is 1. The minimum atomic E-state index is -0.126. The Hall–Kier alpha value is -2.35. The molecule has 0 aliphatic heterocycles. The number of rotatable bonds is 8. The average molecular weight is 422 g/mol. The molecule has 0 radical (unpaired) electrons. The summed E-state index contributed by atoms with van der Waals surface area (Å²) in [5, 5.41) is 0.692. The molecule has 0 unspecified atom stereocenters. The van der Waals surface area contributed by atoms with Gasteiger partial charge in [0.15, 0.2) is 11.7 Å². The fourth-order valence-corrected chi connectivity index (χ4v) is 3.53. The minimum absolute atomic E-state index is 0. The van der Waals surface area contributed by atoms with Crippen molar-refractivity contribution in [2.75, 3.05) is 45.8 Å². The Morgan fingerprint density at radius 1 is 1.07 bits per heavy atom. The van der Waals surface area contributed by atoms with Gasteiger partial charge >= 0.3 is 0 Å². The molecule has 0 aliphatic rings. The van der Waals surface area contributed by atoms with E-state index in [-0.39, 0.29) is 24.9 Å². The SMILES string of the molecule is COc1cccc(OCC(=O)N(CCN(C)C)c2nc3ccccc3s2)c1.Cl. The van der Waals surface area contributed by atoms with Crippen LogP contribution in [0.15, 0.2) is 48.5 Å². The van der Waals surface area contributed by atoms with Crippen LogP contribution in [0.1, 0.15) is 0 Å². The van der Waals surface area contributed by atoms with E-state index in [1.807, 2.05) is 55.4 Å². The van der Waals surface area contributed by atoms with Crippen LogP contribution in [-0.2, 0) is 4.79 Å². The van der Waals surface area contributed by atoms with Crippen LogP contribution in [0.4, 0.5) is 5.13 Å². The van der Waals surface area contributed by atoms with Gasteiger partial charge in [0.2, 0.25) is 0 Å². The van der Waals surface area contributed by atoms with Crippen molar-refractivity contribution in [1.29, 1.82) is 0 Å². The van der Waals surface area contributed by atoms with Gasteiger partial charge in [0.25, 0.3) is 5.91 Å². The summed E-state index contributed by atoms with van der Waals surface area (Å²) in [5.41, 5.74) is 0.897. The first kappa shape index (κ1) is 21.9. The standard InChI is InChI=1S/C20H23N3O3S.ClH/c1-22(2)11-12-23(20-21-17-9-4-5-10-18(17)27-20)19(24)14-26-16-8-6-7-15(13-16)25-3;/h4-10,13H,11-12,14H2,1-3H3;1H. The third-order valence-corrected chi connectivity index (χ3v) is 5.05. The number of nitrogens with zero attached hydrogens (tertiary/aromatic N) is 3. The van der Waals surface area contributed by atoms with E-state index in [0.29, 0.717) is 23.2 Å². The number of likely N-dealkylation sites (N-methyl/N-ethyl adjacent to an activating group) is 1. The summed E-state index contributed by atoms with van der Waals surface area (Å²) in [6, 6.07) is 15.1. The van der Waals surface area contributed by atoms with E-state index in [2.05, 4.69) is 4.98 Å². The summed E-state index contributed by atoms with van der Waals surface area (Å²) in [4.78, 5) is 21.2. The smallest absolute Gasteiger partial charge is 0.266 e. The molecule has 1 heterocycles.